The molecule has 3 nitrogen and oxygen atoms in total. The van der Waals surface area contributed by atoms with Gasteiger partial charge in [-0.05, 0) is 44.2 Å². The number of rotatable bonds is 6. The molecule has 1 saturated heterocycles. The van der Waals surface area contributed by atoms with Crippen molar-refractivity contribution in [2.75, 3.05) is 20.1 Å². The zero-order chi connectivity index (χ0) is 13.8. The van der Waals surface area contributed by atoms with Crippen LogP contribution in [-0.2, 0) is 4.79 Å². The van der Waals surface area contributed by atoms with Gasteiger partial charge in [-0.3, -0.25) is 9.69 Å². The van der Waals surface area contributed by atoms with Crippen LogP contribution in [0, 0.1) is 17.8 Å². The van der Waals surface area contributed by atoms with E-state index in [0.29, 0.717) is 11.8 Å². The molecule has 3 heteroatoms. The van der Waals surface area contributed by atoms with Gasteiger partial charge in [0.2, 0.25) is 5.91 Å². The number of hydrogen-bond acceptors (Lipinski definition) is 2. The zero-order valence-corrected chi connectivity index (χ0v) is 12.8. The molecule has 2 unspecified atom stereocenters. The molecule has 1 N–H and O–H groups in total. The topological polar surface area (TPSA) is 32.3 Å². The van der Waals surface area contributed by atoms with Crippen molar-refractivity contribution in [3.8, 4) is 0 Å². The fourth-order valence-electron chi connectivity index (χ4n) is 3.56. The summed E-state index contributed by atoms with van der Waals surface area (Å²) >= 11 is 0. The molecule has 0 radical (unpaired) electrons. The van der Waals surface area contributed by atoms with E-state index >= 15 is 0 Å². The molecule has 1 aliphatic carbocycles. The maximum absolute atomic E-state index is 12.4. The maximum Gasteiger partial charge on any atom is 0.237 e. The number of carbonyl (C=O) groups is 1. The first kappa shape index (κ1) is 14.8. The highest BCUT2D eigenvalue weighted by Gasteiger charge is 2.39. The van der Waals surface area contributed by atoms with Gasteiger partial charge < -0.3 is 5.32 Å². The third-order valence-electron chi connectivity index (χ3n) is 5.42. The molecule has 0 spiro atoms. The molecule has 1 aliphatic heterocycles. The maximum atomic E-state index is 12.4. The fraction of sp³-hybridized carbons (Fsp3) is 0.938. The van der Waals surface area contributed by atoms with Crippen LogP contribution in [0.1, 0.15) is 52.4 Å². The Kier molecular flexibility index (Phi) is 5.26. The second-order valence-electron chi connectivity index (χ2n) is 6.64. The lowest BCUT2D eigenvalue weighted by molar-refractivity contribution is -0.126. The molecular formula is C16H30N2O. The second-order valence-corrected chi connectivity index (χ2v) is 6.64. The van der Waals surface area contributed by atoms with Gasteiger partial charge >= 0.3 is 0 Å². The number of likely N-dealkylation sites (tertiary alicyclic amines) is 1. The van der Waals surface area contributed by atoms with E-state index in [2.05, 4.69) is 31.1 Å². The summed E-state index contributed by atoms with van der Waals surface area (Å²) in [5.41, 5.74) is 0. The molecule has 1 heterocycles. The summed E-state index contributed by atoms with van der Waals surface area (Å²) < 4.78 is 0. The minimum Gasteiger partial charge on any atom is -0.355 e. The van der Waals surface area contributed by atoms with Crippen molar-refractivity contribution < 1.29 is 4.79 Å². The average molecular weight is 266 g/mol. The van der Waals surface area contributed by atoms with E-state index in [1.165, 1.54) is 38.5 Å². The largest absolute Gasteiger partial charge is 0.355 e. The first-order chi connectivity index (χ1) is 9.13. The molecule has 2 rings (SSSR count). The third-order valence-corrected chi connectivity index (χ3v) is 5.42. The normalized spacial score (nSPS) is 30.1. The Morgan fingerprint density at radius 3 is 2.68 bits per heavy atom. The standard InChI is InChI=1S/C16H30N2O/c1-4-12(2)14-9-11-18(3)15(14)16(19)17-10-8-13-6-5-7-13/h12-15H,4-11H2,1-3H3,(H,17,19)/t12?,14-,15?/m1/s1. The van der Waals surface area contributed by atoms with Gasteiger partial charge in [0, 0.05) is 6.54 Å². The van der Waals surface area contributed by atoms with Crippen molar-refractivity contribution in [1.29, 1.82) is 0 Å². The molecule has 1 saturated carbocycles. The Bertz CT molecular complexity index is 301. The lowest BCUT2D eigenvalue weighted by Gasteiger charge is -2.29. The summed E-state index contributed by atoms with van der Waals surface area (Å²) in [5, 5.41) is 3.18. The molecule has 0 aromatic heterocycles. The highest BCUT2D eigenvalue weighted by Crippen LogP contribution is 2.32. The smallest absolute Gasteiger partial charge is 0.237 e. The Labute approximate surface area is 118 Å². The molecule has 3 atom stereocenters. The van der Waals surface area contributed by atoms with E-state index in [4.69, 9.17) is 0 Å². The number of nitrogens with zero attached hydrogens (tertiary/aromatic N) is 1. The third kappa shape index (κ3) is 3.50. The first-order valence-electron chi connectivity index (χ1n) is 8.11. The van der Waals surface area contributed by atoms with E-state index in [-0.39, 0.29) is 11.9 Å². The number of amides is 1. The van der Waals surface area contributed by atoms with Crippen LogP contribution in [0.5, 0.6) is 0 Å². The van der Waals surface area contributed by atoms with Gasteiger partial charge in [-0.25, -0.2) is 0 Å². The van der Waals surface area contributed by atoms with Crippen LogP contribution in [-0.4, -0.2) is 37.0 Å². The molecule has 1 amide bonds. The molecule has 110 valence electrons. The molecule has 0 aromatic rings. The predicted octanol–water partition coefficient (Wildman–Crippen LogP) is 2.66. The Morgan fingerprint density at radius 1 is 1.37 bits per heavy atom. The minimum atomic E-state index is 0.108. The second kappa shape index (κ2) is 6.74. The van der Waals surface area contributed by atoms with Crippen LogP contribution in [0.25, 0.3) is 0 Å². The summed E-state index contributed by atoms with van der Waals surface area (Å²) in [6.45, 7) is 6.46. The van der Waals surface area contributed by atoms with Crippen molar-refractivity contribution in [2.45, 2.75) is 58.4 Å². The summed E-state index contributed by atoms with van der Waals surface area (Å²) in [6, 6.07) is 0.108. The molecule has 19 heavy (non-hydrogen) atoms. The number of hydrogen-bond donors (Lipinski definition) is 1. The Morgan fingerprint density at radius 2 is 2.11 bits per heavy atom. The van der Waals surface area contributed by atoms with Crippen molar-refractivity contribution in [2.24, 2.45) is 17.8 Å². The highest BCUT2D eigenvalue weighted by molar-refractivity contribution is 5.82. The number of nitrogens with one attached hydrogen (secondary N) is 1. The van der Waals surface area contributed by atoms with Gasteiger partial charge in [-0.1, -0.05) is 39.5 Å². The van der Waals surface area contributed by atoms with Crippen LogP contribution in [0.2, 0.25) is 0 Å². The van der Waals surface area contributed by atoms with Crippen LogP contribution >= 0.6 is 0 Å². The van der Waals surface area contributed by atoms with E-state index < -0.39 is 0 Å². The quantitative estimate of drug-likeness (QED) is 0.801. The van der Waals surface area contributed by atoms with Crippen LogP contribution in [0.15, 0.2) is 0 Å². The Balaban J connectivity index is 1.80. The number of likely N-dealkylation sites (N-methyl/N-ethyl adjacent to an activating group) is 1. The molecular weight excluding hydrogens is 236 g/mol. The van der Waals surface area contributed by atoms with Gasteiger partial charge in [-0.2, -0.15) is 0 Å². The average Bonchev–Trinajstić information content (AvgIpc) is 2.73. The molecule has 0 aromatic carbocycles. The predicted molar refractivity (Wildman–Crippen MR) is 78.9 cm³/mol. The van der Waals surface area contributed by atoms with Gasteiger partial charge in [0.25, 0.3) is 0 Å². The van der Waals surface area contributed by atoms with Crippen molar-refractivity contribution >= 4 is 5.91 Å². The fourth-order valence-corrected chi connectivity index (χ4v) is 3.56. The van der Waals surface area contributed by atoms with Crippen LogP contribution in [0.4, 0.5) is 0 Å². The van der Waals surface area contributed by atoms with Crippen molar-refractivity contribution in [1.82, 2.24) is 10.2 Å². The van der Waals surface area contributed by atoms with Gasteiger partial charge in [0.15, 0.2) is 0 Å². The lowest BCUT2D eigenvalue weighted by atomic mass is 9.83. The van der Waals surface area contributed by atoms with E-state index in [1.807, 2.05) is 0 Å². The van der Waals surface area contributed by atoms with E-state index in [9.17, 15) is 4.79 Å². The molecule has 0 bridgehead atoms. The van der Waals surface area contributed by atoms with E-state index in [0.717, 1.165) is 19.0 Å². The van der Waals surface area contributed by atoms with Gasteiger partial charge in [0.05, 0.1) is 6.04 Å². The van der Waals surface area contributed by atoms with Crippen LogP contribution < -0.4 is 5.32 Å². The number of carbonyl (C=O) groups excluding carboxylic acids is 1. The summed E-state index contributed by atoms with van der Waals surface area (Å²) in [5.74, 6) is 2.34. The molecule has 2 aliphatic rings. The first-order valence-corrected chi connectivity index (χ1v) is 8.11. The lowest BCUT2D eigenvalue weighted by Crippen LogP contribution is -2.46. The van der Waals surface area contributed by atoms with Crippen LogP contribution in [0.3, 0.4) is 0 Å². The summed E-state index contributed by atoms with van der Waals surface area (Å²) in [6.07, 6.45) is 7.65. The van der Waals surface area contributed by atoms with Gasteiger partial charge in [0.1, 0.15) is 0 Å². The van der Waals surface area contributed by atoms with Crippen molar-refractivity contribution in [3.05, 3.63) is 0 Å². The molecule has 2 fully saturated rings. The minimum absolute atomic E-state index is 0.108. The zero-order valence-electron chi connectivity index (χ0n) is 12.8. The summed E-state index contributed by atoms with van der Waals surface area (Å²) in [7, 11) is 2.10. The highest BCUT2D eigenvalue weighted by atomic mass is 16.2. The monoisotopic (exact) mass is 266 g/mol. The SMILES string of the molecule is CCC(C)[C@H]1CCN(C)C1C(=O)NCCC1CCC1. The van der Waals surface area contributed by atoms with Crippen molar-refractivity contribution in [3.63, 3.8) is 0 Å². The summed E-state index contributed by atoms with van der Waals surface area (Å²) in [4.78, 5) is 14.7. The van der Waals surface area contributed by atoms with E-state index in [1.54, 1.807) is 0 Å². The Hall–Kier alpha value is -0.570. The van der Waals surface area contributed by atoms with Gasteiger partial charge in [-0.15, -0.1) is 0 Å².